The minimum absolute atomic E-state index is 0.0764. The number of β-amino-alcohol motifs (C(OH)–C–C–N with tert-alkyl or cyclic N) is 1. The minimum Gasteiger partial charge on any atom is -0.444 e. The van der Waals surface area contributed by atoms with Gasteiger partial charge in [-0.3, -0.25) is 4.68 Å². The summed E-state index contributed by atoms with van der Waals surface area (Å²) in [4.78, 5) is 13.6. The minimum atomic E-state index is -1.19. The first-order valence-corrected chi connectivity index (χ1v) is 7.99. The van der Waals surface area contributed by atoms with Crippen LogP contribution in [0.2, 0.25) is 0 Å². The van der Waals surface area contributed by atoms with Crippen LogP contribution in [0.4, 0.5) is 4.79 Å². The second kappa shape index (κ2) is 6.17. The van der Waals surface area contributed by atoms with E-state index in [0.29, 0.717) is 23.3 Å². The molecule has 0 spiro atoms. The Labute approximate surface area is 138 Å². The van der Waals surface area contributed by atoms with Crippen LogP contribution in [-0.4, -0.2) is 56.3 Å². The van der Waals surface area contributed by atoms with Gasteiger partial charge in [0.1, 0.15) is 15.8 Å². The van der Waals surface area contributed by atoms with E-state index in [1.165, 1.54) is 4.90 Å². The zero-order valence-electron chi connectivity index (χ0n) is 13.0. The molecule has 7 nitrogen and oxygen atoms in total. The summed E-state index contributed by atoms with van der Waals surface area (Å²) in [6.45, 7) is 6.18. The van der Waals surface area contributed by atoms with E-state index in [-0.39, 0.29) is 19.7 Å². The van der Waals surface area contributed by atoms with Crippen LogP contribution >= 0.6 is 15.9 Å². The van der Waals surface area contributed by atoms with Crippen molar-refractivity contribution in [2.75, 3.05) is 19.7 Å². The van der Waals surface area contributed by atoms with Crippen molar-refractivity contribution >= 4 is 22.0 Å². The zero-order valence-corrected chi connectivity index (χ0v) is 14.6. The maximum absolute atomic E-state index is 12.1. The lowest BCUT2D eigenvalue weighted by molar-refractivity contribution is 0.0107. The van der Waals surface area contributed by atoms with Gasteiger partial charge in [-0.25, -0.2) is 4.79 Å². The van der Waals surface area contributed by atoms with E-state index < -0.39 is 17.3 Å². The fourth-order valence-corrected chi connectivity index (χ4v) is 2.92. The Kier molecular flexibility index (Phi) is 4.84. The third-order valence-electron chi connectivity index (χ3n) is 3.44. The zero-order chi connectivity index (χ0) is 16.5. The van der Waals surface area contributed by atoms with E-state index in [1.54, 1.807) is 31.5 Å². The fourth-order valence-electron chi connectivity index (χ4n) is 2.51. The van der Waals surface area contributed by atoms with E-state index in [4.69, 9.17) is 9.84 Å². The molecule has 2 N–H and O–H groups in total. The highest BCUT2D eigenvalue weighted by Gasteiger charge is 2.43. The molecule has 22 heavy (non-hydrogen) atoms. The lowest BCUT2D eigenvalue weighted by atomic mass is 9.99. The van der Waals surface area contributed by atoms with E-state index in [9.17, 15) is 9.90 Å². The smallest absolute Gasteiger partial charge is 0.410 e. The molecule has 1 fully saturated rings. The SMILES string of the molecule is CC(C)(C)OC(=O)N1CC[C@](O)(c2cc(Br)nn2CCO)C1. The summed E-state index contributed by atoms with van der Waals surface area (Å²) in [5, 5.41) is 24.2. The van der Waals surface area contributed by atoms with Gasteiger partial charge >= 0.3 is 6.09 Å². The third-order valence-corrected chi connectivity index (χ3v) is 3.83. The summed E-state index contributed by atoms with van der Waals surface area (Å²) in [6.07, 6.45) is -0.0359. The van der Waals surface area contributed by atoms with Crippen molar-refractivity contribution in [2.45, 2.75) is 44.9 Å². The molecule has 1 saturated heterocycles. The number of aliphatic hydroxyl groups is 2. The molecule has 8 heteroatoms. The van der Waals surface area contributed by atoms with E-state index >= 15 is 0 Å². The van der Waals surface area contributed by atoms with Gasteiger partial charge in [0, 0.05) is 13.0 Å². The molecule has 0 radical (unpaired) electrons. The molecule has 1 aliphatic heterocycles. The molecule has 124 valence electrons. The highest BCUT2D eigenvalue weighted by atomic mass is 79.9. The molecule has 0 aliphatic carbocycles. The van der Waals surface area contributed by atoms with Crippen molar-refractivity contribution in [3.05, 3.63) is 16.4 Å². The van der Waals surface area contributed by atoms with Gasteiger partial charge in [-0.1, -0.05) is 0 Å². The number of ether oxygens (including phenoxy) is 1. The van der Waals surface area contributed by atoms with E-state index in [1.807, 2.05) is 0 Å². The number of amides is 1. The number of rotatable bonds is 3. The summed E-state index contributed by atoms with van der Waals surface area (Å²) in [5.74, 6) is 0. The first-order chi connectivity index (χ1) is 10.1. The van der Waals surface area contributed by atoms with Gasteiger partial charge in [-0.15, -0.1) is 0 Å². The third kappa shape index (κ3) is 3.80. The van der Waals surface area contributed by atoms with Gasteiger partial charge in [0.25, 0.3) is 0 Å². The summed E-state index contributed by atoms with van der Waals surface area (Å²) >= 11 is 3.28. The molecule has 0 aromatic carbocycles. The second-order valence-electron chi connectivity index (χ2n) is 6.48. The Morgan fingerprint density at radius 2 is 2.23 bits per heavy atom. The predicted octanol–water partition coefficient (Wildman–Crippen LogP) is 1.47. The molecule has 0 saturated carbocycles. The molecule has 1 amide bonds. The van der Waals surface area contributed by atoms with Crippen LogP contribution in [-0.2, 0) is 16.9 Å². The number of aliphatic hydroxyl groups excluding tert-OH is 1. The van der Waals surface area contributed by atoms with Gasteiger partial charge in [0.15, 0.2) is 0 Å². The van der Waals surface area contributed by atoms with Crippen LogP contribution in [0, 0.1) is 0 Å². The first kappa shape index (κ1) is 17.2. The maximum Gasteiger partial charge on any atom is 0.410 e. The van der Waals surface area contributed by atoms with Crippen molar-refractivity contribution < 1.29 is 19.7 Å². The van der Waals surface area contributed by atoms with Crippen LogP contribution in [0.3, 0.4) is 0 Å². The Balaban J connectivity index is 2.15. The quantitative estimate of drug-likeness (QED) is 0.834. The van der Waals surface area contributed by atoms with Gasteiger partial charge in [-0.2, -0.15) is 5.10 Å². The highest BCUT2D eigenvalue weighted by Crippen LogP contribution is 2.34. The molecule has 1 aromatic heterocycles. The topological polar surface area (TPSA) is 87.8 Å². The Morgan fingerprint density at radius 3 is 2.82 bits per heavy atom. The number of carbonyl (C=O) groups is 1. The molecular weight excluding hydrogens is 354 g/mol. The van der Waals surface area contributed by atoms with Gasteiger partial charge < -0.3 is 19.8 Å². The molecule has 1 aromatic rings. The number of carbonyl (C=O) groups excluding carboxylic acids is 1. The van der Waals surface area contributed by atoms with Crippen LogP contribution < -0.4 is 0 Å². The molecule has 1 atom stereocenters. The molecule has 2 heterocycles. The molecule has 1 aliphatic rings. The van der Waals surface area contributed by atoms with Gasteiger partial charge in [-0.05, 0) is 42.8 Å². The normalized spacial score (nSPS) is 22.2. The predicted molar refractivity (Wildman–Crippen MR) is 83.3 cm³/mol. The number of hydrogen-bond donors (Lipinski definition) is 2. The molecule has 0 bridgehead atoms. The van der Waals surface area contributed by atoms with Crippen molar-refractivity contribution in [2.24, 2.45) is 0 Å². The van der Waals surface area contributed by atoms with E-state index in [2.05, 4.69) is 21.0 Å². The lowest BCUT2D eigenvalue weighted by Gasteiger charge is -2.26. The monoisotopic (exact) mass is 375 g/mol. The summed E-state index contributed by atoms with van der Waals surface area (Å²) in [7, 11) is 0. The summed E-state index contributed by atoms with van der Waals surface area (Å²) in [5.41, 5.74) is -1.18. The second-order valence-corrected chi connectivity index (χ2v) is 7.30. The first-order valence-electron chi connectivity index (χ1n) is 7.20. The molecule has 2 rings (SSSR count). The summed E-state index contributed by atoms with van der Waals surface area (Å²) < 4.78 is 7.48. The average Bonchev–Trinajstić information content (AvgIpc) is 2.93. The lowest BCUT2D eigenvalue weighted by Crippen LogP contribution is -2.39. The van der Waals surface area contributed by atoms with Gasteiger partial charge in [0.2, 0.25) is 0 Å². The standard InChI is InChI=1S/C14H22BrN3O4/c1-13(2,3)22-12(20)17-5-4-14(21,9-17)10-8-11(15)16-18(10)6-7-19/h8,19,21H,4-7,9H2,1-3H3/t14-/m1/s1. The number of aromatic nitrogens is 2. The molecular formula is C14H22BrN3O4. The van der Waals surface area contributed by atoms with Crippen molar-refractivity contribution in [3.8, 4) is 0 Å². The highest BCUT2D eigenvalue weighted by molar-refractivity contribution is 9.10. The molecule has 0 unspecified atom stereocenters. The van der Waals surface area contributed by atoms with Crippen LogP contribution in [0.5, 0.6) is 0 Å². The number of hydrogen-bond acceptors (Lipinski definition) is 5. The average molecular weight is 376 g/mol. The number of nitrogens with zero attached hydrogens (tertiary/aromatic N) is 3. The van der Waals surface area contributed by atoms with E-state index in [0.717, 1.165) is 0 Å². The van der Waals surface area contributed by atoms with Crippen molar-refractivity contribution in [1.82, 2.24) is 14.7 Å². The van der Waals surface area contributed by atoms with Crippen LogP contribution in [0.25, 0.3) is 0 Å². The number of likely N-dealkylation sites (tertiary alicyclic amines) is 1. The van der Waals surface area contributed by atoms with Crippen molar-refractivity contribution in [1.29, 1.82) is 0 Å². The number of halogens is 1. The van der Waals surface area contributed by atoms with Crippen molar-refractivity contribution in [3.63, 3.8) is 0 Å². The largest absolute Gasteiger partial charge is 0.444 e. The Bertz CT molecular complexity index is 555. The maximum atomic E-state index is 12.1. The van der Waals surface area contributed by atoms with Crippen LogP contribution in [0.1, 0.15) is 32.9 Å². The van der Waals surface area contributed by atoms with Gasteiger partial charge in [0.05, 0.1) is 25.4 Å². The Hall–Kier alpha value is -1.12. The summed E-state index contributed by atoms with van der Waals surface area (Å²) in [6, 6.07) is 1.72. The fraction of sp³-hybridized carbons (Fsp3) is 0.714. The Morgan fingerprint density at radius 1 is 1.55 bits per heavy atom. The van der Waals surface area contributed by atoms with Crippen LogP contribution in [0.15, 0.2) is 10.7 Å².